The molecule has 0 radical (unpaired) electrons. The summed E-state index contributed by atoms with van der Waals surface area (Å²) < 4.78 is 0. The largest absolute Gasteiger partial charge is 0.338 e. The Morgan fingerprint density at radius 1 is 1.12 bits per heavy atom. The molecule has 5 nitrogen and oxygen atoms in total. The Kier molecular flexibility index (Phi) is 6.01. The number of nitrogens with zero attached hydrogens (tertiary/aromatic N) is 2. The molecule has 1 aromatic heterocycles. The first-order chi connectivity index (χ1) is 12.4. The van der Waals surface area contributed by atoms with Crippen LogP contribution in [0.4, 0.5) is 5.82 Å². The molecule has 1 aliphatic heterocycles. The normalized spacial score (nSPS) is 17.0. The number of rotatable bonds is 3. The molecule has 8 heteroatoms. The number of nitrogens with one attached hydrogen (secondary N) is 1. The number of anilines is 1. The van der Waals surface area contributed by atoms with E-state index in [-0.39, 0.29) is 17.7 Å². The third kappa shape index (κ3) is 4.47. The zero-order valence-electron chi connectivity index (χ0n) is 13.7. The van der Waals surface area contributed by atoms with Crippen molar-refractivity contribution in [2.24, 2.45) is 5.92 Å². The highest BCUT2D eigenvalue weighted by molar-refractivity contribution is 6.42. The molecule has 1 fully saturated rings. The number of pyridine rings is 1. The van der Waals surface area contributed by atoms with E-state index >= 15 is 0 Å². The molecule has 0 saturated carbocycles. The molecule has 0 bridgehead atoms. The van der Waals surface area contributed by atoms with Crippen LogP contribution in [0.15, 0.2) is 36.5 Å². The average molecular weight is 413 g/mol. The third-order valence-electron chi connectivity index (χ3n) is 4.22. The summed E-state index contributed by atoms with van der Waals surface area (Å²) in [6.07, 6.45) is 2.93. The van der Waals surface area contributed by atoms with Gasteiger partial charge in [-0.15, -0.1) is 0 Å². The van der Waals surface area contributed by atoms with E-state index < -0.39 is 0 Å². The zero-order valence-corrected chi connectivity index (χ0v) is 16.0. The van der Waals surface area contributed by atoms with Gasteiger partial charge < -0.3 is 10.2 Å². The minimum absolute atomic E-state index is 0.161. The molecule has 136 valence electrons. The number of piperidine rings is 1. The maximum absolute atomic E-state index is 12.7. The van der Waals surface area contributed by atoms with Crippen molar-refractivity contribution in [3.8, 4) is 0 Å². The maximum Gasteiger partial charge on any atom is 0.253 e. The summed E-state index contributed by atoms with van der Waals surface area (Å²) in [5.74, 6) is -0.183. The number of aromatic nitrogens is 1. The van der Waals surface area contributed by atoms with Gasteiger partial charge >= 0.3 is 0 Å². The molecule has 0 unspecified atom stereocenters. The first-order valence-electron chi connectivity index (χ1n) is 8.11. The lowest BCUT2D eigenvalue weighted by molar-refractivity contribution is -0.121. The Morgan fingerprint density at radius 3 is 2.62 bits per heavy atom. The van der Waals surface area contributed by atoms with Crippen LogP contribution in [0.5, 0.6) is 0 Å². The molecule has 3 rings (SSSR count). The summed E-state index contributed by atoms with van der Waals surface area (Å²) in [7, 11) is 0. The van der Waals surface area contributed by atoms with Crippen molar-refractivity contribution in [1.29, 1.82) is 0 Å². The fraction of sp³-hybridized carbons (Fsp3) is 0.278. The molecule has 1 atom stereocenters. The highest BCUT2D eigenvalue weighted by atomic mass is 35.5. The van der Waals surface area contributed by atoms with Crippen LogP contribution in [0.25, 0.3) is 0 Å². The van der Waals surface area contributed by atoms with Gasteiger partial charge in [-0.1, -0.05) is 34.8 Å². The quantitative estimate of drug-likeness (QED) is 0.805. The van der Waals surface area contributed by atoms with Crippen molar-refractivity contribution in [3.05, 3.63) is 57.2 Å². The Hall–Kier alpha value is -1.82. The topological polar surface area (TPSA) is 62.3 Å². The minimum Gasteiger partial charge on any atom is -0.338 e. The van der Waals surface area contributed by atoms with Crippen LogP contribution in [-0.4, -0.2) is 34.8 Å². The van der Waals surface area contributed by atoms with Gasteiger partial charge in [-0.05, 0) is 43.2 Å². The van der Waals surface area contributed by atoms with Crippen LogP contribution in [0.3, 0.4) is 0 Å². The molecule has 0 aliphatic carbocycles. The van der Waals surface area contributed by atoms with Crippen LogP contribution in [0, 0.1) is 5.92 Å². The van der Waals surface area contributed by atoms with Gasteiger partial charge in [0.2, 0.25) is 5.91 Å². The summed E-state index contributed by atoms with van der Waals surface area (Å²) in [6.45, 7) is 0.945. The van der Waals surface area contributed by atoms with Gasteiger partial charge in [0.15, 0.2) is 0 Å². The van der Waals surface area contributed by atoms with Gasteiger partial charge in [0, 0.05) is 24.8 Å². The van der Waals surface area contributed by atoms with E-state index in [2.05, 4.69) is 10.3 Å². The van der Waals surface area contributed by atoms with E-state index in [4.69, 9.17) is 34.8 Å². The van der Waals surface area contributed by atoms with Crippen LogP contribution in [0.2, 0.25) is 15.1 Å². The Morgan fingerprint density at radius 2 is 1.92 bits per heavy atom. The second-order valence-corrected chi connectivity index (χ2v) is 7.32. The van der Waals surface area contributed by atoms with Crippen LogP contribution in [-0.2, 0) is 4.79 Å². The van der Waals surface area contributed by atoms with Crippen LogP contribution in [0.1, 0.15) is 23.2 Å². The molecule has 2 amide bonds. The Bertz CT molecular complexity index is 827. The van der Waals surface area contributed by atoms with Gasteiger partial charge in [-0.2, -0.15) is 0 Å². The number of hydrogen-bond donors (Lipinski definition) is 1. The van der Waals surface area contributed by atoms with Gasteiger partial charge in [-0.25, -0.2) is 4.98 Å². The molecule has 26 heavy (non-hydrogen) atoms. The molecular formula is C18H16Cl3N3O2. The van der Waals surface area contributed by atoms with Crippen molar-refractivity contribution >= 4 is 52.4 Å². The van der Waals surface area contributed by atoms with E-state index in [1.165, 1.54) is 6.20 Å². The summed E-state index contributed by atoms with van der Waals surface area (Å²) in [5, 5.41) is 4.00. The fourth-order valence-corrected chi connectivity index (χ4v) is 3.28. The monoisotopic (exact) mass is 411 g/mol. The van der Waals surface area contributed by atoms with E-state index in [1.54, 1.807) is 35.2 Å². The summed E-state index contributed by atoms with van der Waals surface area (Å²) in [5.41, 5.74) is 0.458. The van der Waals surface area contributed by atoms with Crippen molar-refractivity contribution < 1.29 is 9.59 Å². The minimum atomic E-state index is -0.298. The molecule has 2 heterocycles. The summed E-state index contributed by atoms with van der Waals surface area (Å²) in [4.78, 5) is 30.9. The lowest BCUT2D eigenvalue weighted by Crippen LogP contribution is -2.43. The fourth-order valence-electron chi connectivity index (χ4n) is 2.87. The first-order valence-corrected chi connectivity index (χ1v) is 9.24. The lowest BCUT2D eigenvalue weighted by atomic mass is 9.96. The number of hydrogen-bond acceptors (Lipinski definition) is 3. The molecule has 1 saturated heterocycles. The highest BCUT2D eigenvalue weighted by Crippen LogP contribution is 2.25. The van der Waals surface area contributed by atoms with Crippen LogP contribution >= 0.6 is 34.8 Å². The van der Waals surface area contributed by atoms with Crippen molar-refractivity contribution in [2.45, 2.75) is 12.8 Å². The smallest absolute Gasteiger partial charge is 0.253 e. The average Bonchev–Trinajstić information content (AvgIpc) is 2.65. The third-order valence-corrected chi connectivity index (χ3v) is 5.19. The molecule has 1 aromatic carbocycles. The number of likely N-dealkylation sites (tertiary alicyclic amines) is 1. The lowest BCUT2D eigenvalue weighted by Gasteiger charge is -2.32. The number of carbonyl (C=O) groups is 2. The van der Waals surface area contributed by atoms with E-state index in [0.29, 0.717) is 46.0 Å². The molecular weight excluding hydrogens is 397 g/mol. The van der Waals surface area contributed by atoms with Gasteiger partial charge in [-0.3, -0.25) is 9.59 Å². The molecule has 1 N–H and O–H groups in total. The summed E-state index contributed by atoms with van der Waals surface area (Å²) in [6, 6.07) is 8.08. The van der Waals surface area contributed by atoms with Crippen LogP contribution < -0.4 is 5.32 Å². The highest BCUT2D eigenvalue weighted by Gasteiger charge is 2.29. The van der Waals surface area contributed by atoms with Crippen molar-refractivity contribution in [1.82, 2.24) is 9.88 Å². The van der Waals surface area contributed by atoms with Gasteiger partial charge in [0.1, 0.15) is 5.82 Å². The number of amides is 2. The maximum atomic E-state index is 12.7. The standard InChI is InChI=1S/C18H16Cl3N3O2/c19-13-4-6-16(22-9-13)23-17(25)12-2-1-7-24(10-12)18(26)11-3-5-14(20)15(21)8-11/h3-6,8-9,12H,1-2,7,10H2,(H,22,23,25)/t12-/m1/s1. The Labute approximate surface area is 166 Å². The van der Waals surface area contributed by atoms with Crippen molar-refractivity contribution in [2.75, 3.05) is 18.4 Å². The van der Waals surface area contributed by atoms with Gasteiger partial charge in [0.25, 0.3) is 5.91 Å². The first kappa shape index (κ1) is 19.0. The van der Waals surface area contributed by atoms with E-state index in [0.717, 1.165) is 6.42 Å². The predicted octanol–water partition coefficient (Wildman–Crippen LogP) is 4.53. The number of benzene rings is 1. The molecule has 1 aliphatic rings. The predicted molar refractivity (Wildman–Crippen MR) is 103 cm³/mol. The van der Waals surface area contributed by atoms with E-state index in [9.17, 15) is 9.59 Å². The number of carbonyl (C=O) groups excluding carboxylic acids is 2. The Balaban J connectivity index is 1.66. The SMILES string of the molecule is O=C(Nc1ccc(Cl)cn1)[C@@H]1CCCN(C(=O)c2ccc(Cl)c(Cl)c2)C1. The van der Waals surface area contributed by atoms with Gasteiger partial charge in [0.05, 0.1) is 21.0 Å². The zero-order chi connectivity index (χ0) is 18.7. The van der Waals surface area contributed by atoms with Crippen molar-refractivity contribution in [3.63, 3.8) is 0 Å². The second-order valence-electron chi connectivity index (χ2n) is 6.07. The van der Waals surface area contributed by atoms with E-state index in [1.807, 2.05) is 0 Å². The molecule has 2 aromatic rings. The number of halogens is 3. The summed E-state index contributed by atoms with van der Waals surface area (Å²) >= 11 is 17.7. The molecule has 0 spiro atoms. The second kappa shape index (κ2) is 8.25.